The summed E-state index contributed by atoms with van der Waals surface area (Å²) in [5, 5.41) is 2.92. The Balaban J connectivity index is 1.81. The summed E-state index contributed by atoms with van der Waals surface area (Å²) < 4.78 is 5.47. The predicted molar refractivity (Wildman–Crippen MR) is 80.1 cm³/mol. The van der Waals surface area contributed by atoms with Gasteiger partial charge >= 0.3 is 0 Å². The minimum atomic E-state index is 0.0784. The van der Waals surface area contributed by atoms with Gasteiger partial charge in [-0.1, -0.05) is 15.9 Å². The van der Waals surface area contributed by atoms with Gasteiger partial charge in [0.2, 0.25) is 5.91 Å². The second-order valence-corrected chi connectivity index (χ2v) is 6.81. The van der Waals surface area contributed by atoms with Crippen LogP contribution in [0.1, 0.15) is 29.2 Å². The van der Waals surface area contributed by atoms with E-state index < -0.39 is 0 Å². The first kappa shape index (κ1) is 13.6. The molecule has 0 spiro atoms. The monoisotopic (exact) mass is 343 g/mol. The van der Waals surface area contributed by atoms with Gasteiger partial charge in [0.1, 0.15) is 0 Å². The smallest absolute Gasteiger partial charge is 0.230 e. The fourth-order valence-corrected chi connectivity index (χ4v) is 4.54. The Labute approximate surface area is 126 Å². The number of alkyl halides is 1. The van der Waals surface area contributed by atoms with Gasteiger partial charge in [0.25, 0.3) is 0 Å². The number of carbonyl (C=O) groups is 1. The van der Waals surface area contributed by atoms with E-state index in [0.717, 1.165) is 31.1 Å². The molecule has 1 aromatic rings. The molecule has 3 nitrogen and oxygen atoms in total. The van der Waals surface area contributed by atoms with Crippen molar-refractivity contribution in [1.82, 2.24) is 4.90 Å². The predicted octanol–water partition coefficient (Wildman–Crippen LogP) is 2.79. The van der Waals surface area contributed by atoms with Gasteiger partial charge in [-0.05, 0) is 36.3 Å². The number of amides is 1. The van der Waals surface area contributed by atoms with Crippen LogP contribution in [0.5, 0.6) is 0 Å². The van der Waals surface area contributed by atoms with Gasteiger partial charge in [-0.3, -0.25) is 4.79 Å². The zero-order valence-electron chi connectivity index (χ0n) is 10.8. The average molecular weight is 344 g/mol. The largest absolute Gasteiger partial charge is 0.377 e. The first-order valence-corrected chi connectivity index (χ1v) is 8.82. The fourth-order valence-electron chi connectivity index (χ4n) is 3.02. The highest BCUT2D eigenvalue weighted by molar-refractivity contribution is 9.09. The van der Waals surface area contributed by atoms with E-state index in [1.807, 2.05) is 4.90 Å². The third-order valence-electron chi connectivity index (χ3n) is 4.04. The molecular formula is C14H18BrNO2S. The summed E-state index contributed by atoms with van der Waals surface area (Å²) in [5.74, 6) is 0.377. The number of morpholine rings is 1. The fraction of sp³-hybridized carbons (Fsp3) is 0.643. The van der Waals surface area contributed by atoms with Crippen LogP contribution in [-0.4, -0.2) is 41.9 Å². The zero-order valence-corrected chi connectivity index (χ0v) is 13.2. The van der Waals surface area contributed by atoms with Crippen LogP contribution in [0.3, 0.4) is 0 Å². The number of hydrogen-bond acceptors (Lipinski definition) is 3. The van der Waals surface area contributed by atoms with Crippen molar-refractivity contribution >= 4 is 33.2 Å². The topological polar surface area (TPSA) is 29.5 Å². The molecule has 2 unspecified atom stereocenters. The van der Waals surface area contributed by atoms with Gasteiger partial charge < -0.3 is 9.64 Å². The molecule has 1 aromatic heterocycles. The van der Waals surface area contributed by atoms with Gasteiger partial charge in [0.05, 0.1) is 25.2 Å². The number of fused-ring (bicyclic) bond motifs is 1. The molecule has 0 aromatic carbocycles. The lowest BCUT2D eigenvalue weighted by Gasteiger charge is -2.37. The number of carbonyl (C=O) groups excluding carboxylic acids is 1. The zero-order chi connectivity index (χ0) is 13.2. The van der Waals surface area contributed by atoms with Crippen molar-refractivity contribution in [1.29, 1.82) is 0 Å². The van der Waals surface area contributed by atoms with E-state index in [1.165, 1.54) is 10.4 Å². The van der Waals surface area contributed by atoms with Gasteiger partial charge in [0, 0.05) is 16.8 Å². The minimum absolute atomic E-state index is 0.0784. The van der Waals surface area contributed by atoms with Crippen LogP contribution in [0, 0.1) is 0 Å². The molecular weight excluding hydrogens is 326 g/mol. The minimum Gasteiger partial charge on any atom is -0.377 e. The van der Waals surface area contributed by atoms with Crippen molar-refractivity contribution in [3.63, 3.8) is 0 Å². The Morgan fingerprint density at radius 2 is 2.47 bits per heavy atom. The van der Waals surface area contributed by atoms with Crippen LogP contribution >= 0.6 is 27.3 Å². The van der Waals surface area contributed by atoms with Gasteiger partial charge in [0.15, 0.2) is 0 Å². The molecule has 1 aliphatic heterocycles. The first-order valence-electron chi connectivity index (χ1n) is 6.81. The number of rotatable bonds is 2. The second kappa shape index (κ2) is 5.94. The van der Waals surface area contributed by atoms with Crippen LogP contribution in [0.15, 0.2) is 11.4 Å². The third-order valence-corrected chi connectivity index (χ3v) is 5.78. The van der Waals surface area contributed by atoms with Crippen molar-refractivity contribution in [2.45, 2.75) is 31.2 Å². The van der Waals surface area contributed by atoms with E-state index in [4.69, 9.17) is 4.74 Å². The highest BCUT2D eigenvalue weighted by atomic mass is 79.9. The molecule has 1 fully saturated rings. The van der Waals surface area contributed by atoms with E-state index in [9.17, 15) is 4.79 Å². The highest BCUT2D eigenvalue weighted by Gasteiger charge is 2.34. The molecule has 0 radical (unpaired) electrons. The first-order chi connectivity index (χ1) is 9.31. The molecule has 104 valence electrons. The Morgan fingerprint density at radius 3 is 3.32 bits per heavy atom. The molecule has 0 bridgehead atoms. The third kappa shape index (κ3) is 2.60. The van der Waals surface area contributed by atoms with E-state index >= 15 is 0 Å². The maximum Gasteiger partial charge on any atom is 0.230 e. The molecule has 2 atom stereocenters. The molecule has 2 heterocycles. The van der Waals surface area contributed by atoms with Crippen LogP contribution in [0.2, 0.25) is 0 Å². The Kier molecular flexibility index (Phi) is 4.24. The maximum atomic E-state index is 12.8. The lowest BCUT2D eigenvalue weighted by atomic mass is 9.86. The molecule has 2 aliphatic rings. The molecule has 3 rings (SSSR count). The summed E-state index contributed by atoms with van der Waals surface area (Å²) in [5.41, 5.74) is 1.28. The summed E-state index contributed by atoms with van der Waals surface area (Å²) in [6, 6.07) is 2.33. The van der Waals surface area contributed by atoms with Crippen LogP contribution in [0.25, 0.3) is 0 Å². The number of ether oxygens (including phenoxy) is 1. The molecule has 5 heteroatoms. The van der Waals surface area contributed by atoms with Crippen molar-refractivity contribution in [3.05, 3.63) is 21.9 Å². The van der Waals surface area contributed by atoms with Gasteiger partial charge in [-0.2, -0.15) is 0 Å². The Bertz CT molecular complexity index is 462. The lowest BCUT2D eigenvalue weighted by molar-refractivity contribution is -0.140. The molecule has 19 heavy (non-hydrogen) atoms. The van der Waals surface area contributed by atoms with Crippen LogP contribution in [0.4, 0.5) is 0 Å². The normalized spacial score (nSPS) is 27.1. The standard InChI is InChI=1S/C14H18BrNO2S/c15-8-10-9-18-6-5-16(10)14(17)12-2-1-3-13-11(12)4-7-19-13/h4,7,10,12H,1-3,5-6,8-9H2. The van der Waals surface area contributed by atoms with Crippen LogP contribution in [-0.2, 0) is 16.0 Å². The molecule has 1 amide bonds. The SMILES string of the molecule is O=C(C1CCCc2sccc21)N1CCOCC1CBr. The second-order valence-electron chi connectivity index (χ2n) is 5.16. The van der Waals surface area contributed by atoms with E-state index in [-0.39, 0.29) is 12.0 Å². The summed E-state index contributed by atoms with van der Waals surface area (Å²) in [6.45, 7) is 2.05. The number of thiophene rings is 1. The number of nitrogens with zero attached hydrogens (tertiary/aromatic N) is 1. The molecule has 1 aliphatic carbocycles. The quantitative estimate of drug-likeness (QED) is 0.772. The van der Waals surface area contributed by atoms with Crippen molar-refractivity contribution < 1.29 is 9.53 Å². The Morgan fingerprint density at radius 1 is 1.58 bits per heavy atom. The lowest BCUT2D eigenvalue weighted by Crippen LogP contribution is -2.51. The van der Waals surface area contributed by atoms with Crippen molar-refractivity contribution in [2.75, 3.05) is 25.1 Å². The molecule has 1 saturated heterocycles. The number of hydrogen-bond donors (Lipinski definition) is 0. The maximum absolute atomic E-state index is 12.8. The van der Waals surface area contributed by atoms with Crippen LogP contribution < -0.4 is 0 Å². The van der Waals surface area contributed by atoms with Gasteiger partial charge in [-0.25, -0.2) is 0 Å². The molecule has 0 saturated carbocycles. The van der Waals surface area contributed by atoms with Crippen molar-refractivity contribution in [3.8, 4) is 0 Å². The van der Waals surface area contributed by atoms with E-state index in [1.54, 1.807) is 11.3 Å². The average Bonchev–Trinajstić information content (AvgIpc) is 2.94. The van der Waals surface area contributed by atoms with E-state index in [2.05, 4.69) is 27.4 Å². The number of aryl methyl sites for hydroxylation is 1. The van der Waals surface area contributed by atoms with E-state index in [0.29, 0.717) is 19.1 Å². The molecule has 0 N–H and O–H groups in total. The highest BCUT2D eigenvalue weighted by Crippen LogP contribution is 2.36. The summed E-state index contributed by atoms with van der Waals surface area (Å²) in [4.78, 5) is 16.3. The number of halogens is 1. The summed E-state index contributed by atoms with van der Waals surface area (Å²) in [7, 11) is 0. The Hall–Kier alpha value is -0.390. The summed E-state index contributed by atoms with van der Waals surface area (Å²) in [6.07, 6.45) is 3.27. The van der Waals surface area contributed by atoms with Crippen molar-refractivity contribution in [2.24, 2.45) is 0 Å². The summed E-state index contributed by atoms with van der Waals surface area (Å²) >= 11 is 5.29. The van der Waals surface area contributed by atoms with Gasteiger partial charge in [-0.15, -0.1) is 11.3 Å².